The first-order valence-corrected chi connectivity index (χ1v) is 4.04. The molecule has 0 atom stereocenters. The molecule has 0 fully saturated rings. The van der Waals surface area contributed by atoms with E-state index in [9.17, 15) is 4.79 Å². The molecular formula is C9H10N3O. The second kappa shape index (κ2) is 2.65. The van der Waals surface area contributed by atoms with Crippen molar-refractivity contribution in [1.82, 2.24) is 10.6 Å². The monoisotopic (exact) mass is 176 g/mol. The van der Waals surface area contributed by atoms with Crippen LogP contribution >= 0.6 is 0 Å². The highest BCUT2D eigenvalue weighted by Crippen LogP contribution is 2.28. The molecule has 1 heterocycles. The molecule has 2 N–H and O–H groups in total. The summed E-state index contributed by atoms with van der Waals surface area (Å²) in [5.41, 5.74) is 9.58. The van der Waals surface area contributed by atoms with Crippen LogP contribution in [0.3, 0.4) is 0 Å². The molecule has 13 heavy (non-hydrogen) atoms. The molecule has 2 rings (SSSR count). The predicted octanol–water partition coefficient (Wildman–Crippen LogP) is 1.58. The van der Waals surface area contributed by atoms with E-state index in [1.165, 1.54) is 0 Å². The van der Waals surface area contributed by atoms with E-state index in [0.717, 1.165) is 5.56 Å². The Morgan fingerprint density at radius 1 is 1.54 bits per heavy atom. The Labute approximate surface area is 76.3 Å². The summed E-state index contributed by atoms with van der Waals surface area (Å²) in [4.78, 5) is 12.8. The smallest absolute Gasteiger partial charge is 0.321 e. The summed E-state index contributed by atoms with van der Waals surface area (Å²) in [5.74, 6) is 0. The van der Waals surface area contributed by atoms with Gasteiger partial charge in [0.25, 0.3) is 0 Å². The second-order valence-corrected chi connectivity index (χ2v) is 3.13. The average molecular weight is 176 g/mol. The Bertz CT molecular complexity index is 362. The van der Waals surface area contributed by atoms with E-state index in [0.29, 0.717) is 17.9 Å². The molecule has 4 nitrogen and oxygen atoms in total. The summed E-state index contributed by atoms with van der Waals surface area (Å²) in [7, 11) is 1.73. The van der Waals surface area contributed by atoms with Gasteiger partial charge in [-0.25, -0.2) is 4.79 Å². The summed E-state index contributed by atoms with van der Waals surface area (Å²) in [6, 6.07) is 5.27. The number of benzene rings is 1. The summed E-state index contributed by atoms with van der Waals surface area (Å²) in [6.45, 7) is 0.577. The van der Waals surface area contributed by atoms with Crippen molar-refractivity contribution in [2.75, 3.05) is 12.4 Å². The largest absolute Gasteiger partial charge is 0.323 e. The van der Waals surface area contributed by atoms with Crippen LogP contribution in [0.5, 0.6) is 0 Å². The lowest BCUT2D eigenvalue weighted by Crippen LogP contribution is -2.35. The highest BCUT2D eigenvalue weighted by Gasteiger charge is 2.20. The number of nitrogens with zero attached hydrogens (tertiary/aromatic N) is 1. The van der Waals surface area contributed by atoms with Gasteiger partial charge in [-0.15, -0.1) is 0 Å². The number of hydrogen-bond donors (Lipinski definition) is 1. The molecule has 4 heteroatoms. The maximum absolute atomic E-state index is 11.2. The lowest BCUT2D eigenvalue weighted by atomic mass is 10.1. The zero-order chi connectivity index (χ0) is 9.42. The summed E-state index contributed by atoms with van der Waals surface area (Å²) in [5, 5.41) is 2.68. The molecule has 1 aromatic rings. The zero-order valence-electron chi connectivity index (χ0n) is 7.29. The van der Waals surface area contributed by atoms with Crippen LogP contribution in [0.1, 0.15) is 5.56 Å². The third-order valence-corrected chi connectivity index (χ3v) is 2.14. The van der Waals surface area contributed by atoms with Gasteiger partial charge in [0.1, 0.15) is 0 Å². The van der Waals surface area contributed by atoms with E-state index in [4.69, 9.17) is 5.73 Å². The van der Waals surface area contributed by atoms with Gasteiger partial charge in [-0.3, -0.25) is 5.73 Å². The summed E-state index contributed by atoms with van der Waals surface area (Å²) < 4.78 is 0. The van der Waals surface area contributed by atoms with Crippen LogP contribution in [0.15, 0.2) is 18.2 Å². The average Bonchev–Trinajstić information content (AvgIpc) is 2.09. The number of rotatable bonds is 0. The molecule has 0 aromatic heterocycles. The number of urea groups is 1. The van der Waals surface area contributed by atoms with Crippen molar-refractivity contribution in [2.45, 2.75) is 6.54 Å². The Morgan fingerprint density at radius 2 is 2.31 bits per heavy atom. The van der Waals surface area contributed by atoms with Crippen LogP contribution in [0.4, 0.5) is 16.2 Å². The molecule has 1 aliphatic rings. The first-order valence-electron chi connectivity index (χ1n) is 4.04. The molecular weight excluding hydrogens is 166 g/mol. The summed E-state index contributed by atoms with van der Waals surface area (Å²) >= 11 is 0. The van der Waals surface area contributed by atoms with Crippen molar-refractivity contribution in [3.63, 3.8) is 0 Å². The number of carbonyl (C=O) groups is 1. The lowest BCUT2D eigenvalue weighted by molar-refractivity contribution is 0.218. The molecule has 0 saturated carbocycles. The minimum absolute atomic E-state index is 0.146. The molecule has 0 spiro atoms. The van der Waals surface area contributed by atoms with Crippen molar-refractivity contribution in [3.8, 4) is 0 Å². The number of anilines is 1. The van der Waals surface area contributed by atoms with Gasteiger partial charge in [-0.2, -0.15) is 0 Å². The molecule has 0 aliphatic carbocycles. The van der Waals surface area contributed by atoms with Crippen molar-refractivity contribution in [1.29, 1.82) is 0 Å². The topological polar surface area (TPSA) is 56.1 Å². The van der Waals surface area contributed by atoms with E-state index in [2.05, 4.69) is 5.32 Å². The van der Waals surface area contributed by atoms with Gasteiger partial charge in [0.2, 0.25) is 0 Å². The number of fused-ring (bicyclic) bond motifs is 1. The molecule has 0 unspecified atom stereocenters. The van der Waals surface area contributed by atoms with Crippen LogP contribution in [-0.2, 0) is 6.54 Å². The van der Waals surface area contributed by atoms with Crippen LogP contribution < -0.4 is 11.1 Å². The number of nitrogens with one attached hydrogen (secondary N) is 2. The predicted molar refractivity (Wildman–Crippen MR) is 49.7 cm³/mol. The maximum atomic E-state index is 11.2. The Kier molecular flexibility index (Phi) is 1.62. The zero-order valence-corrected chi connectivity index (χ0v) is 7.29. The fourth-order valence-corrected chi connectivity index (χ4v) is 1.41. The van der Waals surface area contributed by atoms with E-state index in [1.807, 2.05) is 12.1 Å². The van der Waals surface area contributed by atoms with E-state index in [-0.39, 0.29) is 6.03 Å². The summed E-state index contributed by atoms with van der Waals surface area (Å²) in [6.07, 6.45) is 0. The first kappa shape index (κ1) is 7.91. The fourth-order valence-electron chi connectivity index (χ4n) is 1.41. The SMILES string of the molecule is CN1Cc2cccc([NH])c2NC1=O. The van der Waals surface area contributed by atoms with Gasteiger partial charge in [0.15, 0.2) is 0 Å². The minimum Gasteiger partial charge on any atom is -0.323 e. The molecule has 1 radical (unpaired) electrons. The van der Waals surface area contributed by atoms with Gasteiger partial charge in [0.05, 0.1) is 11.4 Å². The van der Waals surface area contributed by atoms with Crippen molar-refractivity contribution in [3.05, 3.63) is 23.8 Å². The molecule has 0 bridgehead atoms. The van der Waals surface area contributed by atoms with Crippen LogP contribution in [0, 0.1) is 0 Å². The number of carbonyl (C=O) groups excluding carboxylic acids is 1. The lowest BCUT2D eigenvalue weighted by Gasteiger charge is -2.26. The van der Waals surface area contributed by atoms with Gasteiger partial charge < -0.3 is 10.2 Å². The normalized spacial score (nSPS) is 15.2. The third kappa shape index (κ3) is 1.20. The van der Waals surface area contributed by atoms with Crippen molar-refractivity contribution >= 4 is 17.4 Å². The molecule has 67 valence electrons. The highest BCUT2D eigenvalue weighted by atomic mass is 16.2. The first-order chi connectivity index (χ1) is 6.18. The van der Waals surface area contributed by atoms with Gasteiger partial charge in [0, 0.05) is 13.6 Å². The third-order valence-electron chi connectivity index (χ3n) is 2.14. The Hall–Kier alpha value is -1.71. The van der Waals surface area contributed by atoms with Crippen molar-refractivity contribution in [2.24, 2.45) is 0 Å². The van der Waals surface area contributed by atoms with Gasteiger partial charge in [-0.05, 0) is 11.6 Å². The molecule has 2 amide bonds. The second-order valence-electron chi connectivity index (χ2n) is 3.13. The highest BCUT2D eigenvalue weighted by molar-refractivity contribution is 5.95. The Balaban J connectivity index is 2.48. The van der Waals surface area contributed by atoms with Gasteiger partial charge >= 0.3 is 6.03 Å². The minimum atomic E-state index is -0.146. The van der Waals surface area contributed by atoms with Gasteiger partial charge in [-0.1, -0.05) is 12.1 Å². The van der Waals surface area contributed by atoms with Crippen LogP contribution in [-0.4, -0.2) is 18.0 Å². The van der Waals surface area contributed by atoms with Crippen LogP contribution in [0.2, 0.25) is 0 Å². The van der Waals surface area contributed by atoms with Crippen LogP contribution in [0.25, 0.3) is 0 Å². The maximum Gasteiger partial charge on any atom is 0.321 e. The number of amides is 2. The van der Waals surface area contributed by atoms with E-state index >= 15 is 0 Å². The van der Waals surface area contributed by atoms with E-state index in [1.54, 1.807) is 18.0 Å². The fraction of sp³-hybridized carbons (Fsp3) is 0.222. The molecule has 0 saturated heterocycles. The quantitative estimate of drug-likeness (QED) is 0.641. The number of para-hydroxylation sites is 1. The molecule has 1 aromatic carbocycles. The molecule has 1 aliphatic heterocycles. The standard InChI is InChI=1S/C9H10N3O/c1-12-5-6-3-2-4-7(10)8(6)11-9(12)13/h2-4,10H,5H2,1H3,(H,11,13). The van der Waals surface area contributed by atoms with E-state index < -0.39 is 0 Å². The van der Waals surface area contributed by atoms with Crippen molar-refractivity contribution < 1.29 is 4.79 Å². The Morgan fingerprint density at radius 3 is 3.08 bits per heavy atom. The number of hydrogen-bond acceptors (Lipinski definition) is 1.